The van der Waals surface area contributed by atoms with Crippen LogP contribution in [-0.2, 0) is 22.5 Å². The predicted octanol–water partition coefficient (Wildman–Crippen LogP) is 7.69. The summed E-state index contributed by atoms with van der Waals surface area (Å²) in [5.74, 6) is 0.653. The lowest BCUT2D eigenvalue weighted by Gasteiger charge is -2.39. The topological polar surface area (TPSA) is 132 Å². The smallest absolute Gasteiger partial charge is 0.264 e. The molecule has 5 aromatic rings. The van der Waals surface area contributed by atoms with E-state index < -0.39 is 16.1 Å². The molecule has 3 atom stereocenters. The Balaban J connectivity index is 1.30. The van der Waals surface area contributed by atoms with E-state index in [4.69, 9.17) is 14.7 Å². The van der Waals surface area contributed by atoms with Crippen molar-refractivity contribution in [2.75, 3.05) is 11.3 Å². The van der Waals surface area contributed by atoms with Crippen molar-refractivity contribution >= 4 is 33.0 Å². The van der Waals surface area contributed by atoms with Crippen LogP contribution in [0.3, 0.4) is 0 Å². The second-order valence-corrected chi connectivity index (χ2v) is 17.8. The Bertz CT molecular complexity index is 2320. The van der Waals surface area contributed by atoms with Crippen molar-refractivity contribution in [1.29, 1.82) is 0 Å². The molecule has 1 saturated carbocycles. The highest BCUT2D eigenvalue weighted by molar-refractivity contribution is 7.92. The quantitative estimate of drug-likeness (QED) is 0.199. The zero-order chi connectivity index (χ0) is 37.2. The largest absolute Gasteiger partial charge is 0.475 e. The molecule has 2 aliphatic heterocycles. The number of amides is 1. The monoisotopic (exact) mass is 733 g/mol. The molecule has 1 N–H and O–H groups in total. The first-order valence-electron chi connectivity index (χ1n) is 18.6. The summed E-state index contributed by atoms with van der Waals surface area (Å²) in [4.78, 5) is 36.3. The number of aromatic nitrogens is 5. The van der Waals surface area contributed by atoms with Gasteiger partial charge in [0.15, 0.2) is 5.65 Å². The summed E-state index contributed by atoms with van der Waals surface area (Å²) < 4.78 is 39.1. The van der Waals surface area contributed by atoms with Crippen molar-refractivity contribution in [1.82, 2.24) is 29.4 Å². The van der Waals surface area contributed by atoms with Gasteiger partial charge in [0, 0.05) is 35.3 Å². The van der Waals surface area contributed by atoms with Crippen LogP contribution in [0.5, 0.6) is 5.88 Å². The molecule has 8 rings (SSSR count). The van der Waals surface area contributed by atoms with Crippen molar-refractivity contribution in [2.24, 2.45) is 18.9 Å². The molecule has 0 spiro atoms. The van der Waals surface area contributed by atoms with Gasteiger partial charge in [0.2, 0.25) is 11.8 Å². The Kier molecular flexibility index (Phi) is 8.79. The molecule has 11 nitrogen and oxygen atoms in total. The summed E-state index contributed by atoms with van der Waals surface area (Å²) in [6.07, 6.45) is 7.69. The molecular weight excluding hydrogens is 687 g/mol. The van der Waals surface area contributed by atoms with Crippen LogP contribution in [0.4, 0.5) is 5.95 Å². The van der Waals surface area contributed by atoms with E-state index in [1.165, 1.54) is 25.0 Å². The van der Waals surface area contributed by atoms with Gasteiger partial charge in [0.25, 0.3) is 15.9 Å². The van der Waals surface area contributed by atoms with Crippen LogP contribution in [0, 0.1) is 25.7 Å². The number of carbonyl (C=O) groups excluding carboxylic acids is 1. The van der Waals surface area contributed by atoms with Crippen LogP contribution in [0.15, 0.2) is 65.7 Å². The number of fused-ring (bicyclic) bond motifs is 6. The normalized spacial score (nSPS) is 21.7. The second kappa shape index (κ2) is 13.2. The zero-order valence-corrected chi connectivity index (χ0v) is 32.1. The minimum absolute atomic E-state index is 0.0525. The predicted molar refractivity (Wildman–Crippen MR) is 204 cm³/mol. The third kappa shape index (κ3) is 6.77. The first-order valence-corrected chi connectivity index (χ1v) is 20.1. The molecule has 3 aliphatic rings. The molecule has 1 saturated heterocycles. The summed E-state index contributed by atoms with van der Waals surface area (Å²) in [6, 6.07) is 15.3. The number of benzene rings is 2. The van der Waals surface area contributed by atoms with E-state index in [1.807, 2.05) is 50.2 Å². The van der Waals surface area contributed by atoms with Gasteiger partial charge in [-0.3, -0.25) is 9.78 Å². The molecule has 0 radical (unpaired) electrons. The summed E-state index contributed by atoms with van der Waals surface area (Å²) in [6.45, 7) is 10.7. The maximum Gasteiger partial charge on any atom is 0.264 e. The Morgan fingerprint density at radius 3 is 2.43 bits per heavy atom. The van der Waals surface area contributed by atoms with E-state index in [9.17, 15) is 8.42 Å². The number of anilines is 1. The number of hydrogen-bond acceptors (Lipinski definition) is 8. The SMILES string of the molecule is Cc1cccc(C)c1-c1cc2nc(n1)NS(=O)(=O)c1cccc(c1)C(=O)N1[C@@H](c3cnc4cc(C(C)(C)C)n(C)c4n3)CCC[C@H](CC3CC3)[C@H]1CO2. The van der Waals surface area contributed by atoms with Crippen LogP contribution in [-0.4, -0.2) is 56.4 Å². The van der Waals surface area contributed by atoms with Gasteiger partial charge in [-0.05, 0) is 80.3 Å². The first-order chi connectivity index (χ1) is 25.3. The molecule has 2 fully saturated rings. The maximum absolute atomic E-state index is 15.1. The Hall–Kier alpha value is -4.84. The summed E-state index contributed by atoms with van der Waals surface area (Å²) >= 11 is 0. The van der Waals surface area contributed by atoms with Gasteiger partial charge in [-0.25, -0.2) is 23.1 Å². The van der Waals surface area contributed by atoms with Gasteiger partial charge in [-0.15, -0.1) is 0 Å². The van der Waals surface area contributed by atoms with E-state index in [2.05, 4.69) is 46.1 Å². The molecule has 2 aromatic carbocycles. The average molecular weight is 734 g/mol. The van der Waals surface area contributed by atoms with Crippen molar-refractivity contribution < 1.29 is 17.9 Å². The van der Waals surface area contributed by atoms with Crippen molar-refractivity contribution in [3.8, 4) is 17.1 Å². The van der Waals surface area contributed by atoms with Crippen molar-refractivity contribution in [2.45, 2.75) is 95.5 Å². The number of nitrogens with zero attached hydrogens (tertiary/aromatic N) is 6. The highest BCUT2D eigenvalue weighted by Gasteiger charge is 2.43. The van der Waals surface area contributed by atoms with E-state index in [0.29, 0.717) is 23.7 Å². The van der Waals surface area contributed by atoms with Crippen molar-refractivity contribution in [3.05, 3.63) is 88.9 Å². The van der Waals surface area contributed by atoms with E-state index in [0.717, 1.165) is 52.8 Å². The fourth-order valence-electron chi connectivity index (χ4n) is 8.38. The molecule has 1 amide bonds. The third-order valence-corrected chi connectivity index (χ3v) is 12.5. The number of rotatable bonds is 4. The van der Waals surface area contributed by atoms with Gasteiger partial charge in [-0.2, -0.15) is 4.98 Å². The number of nitrogens with one attached hydrogen (secondary N) is 1. The zero-order valence-electron chi connectivity index (χ0n) is 31.3. The molecule has 5 heterocycles. The van der Waals surface area contributed by atoms with Crippen LogP contribution < -0.4 is 9.46 Å². The maximum atomic E-state index is 15.1. The molecule has 1 aliphatic carbocycles. The first kappa shape index (κ1) is 35.2. The number of sulfonamides is 1. The van der Waals surface area contributed by atoms with E-state index >= 15 is 4.79 Å². The minimum atomic E-state index is -4.19. The lowest BCUT2D eigenvalue weighted by atomic mass is 9.89. The Labute approximate surface area is 311 Å². The van der Waals surface area contributed by atoms with Crippen LogP contribution in [0.1, 0.15) is 98.2 Å². The highest BCUT2D eigenvalue weighted by Crippen LogP contribution is 2.44. The minimum Gasteiger partial charge on any atom is -0.475 e. The standard InChI is InChI=1S/C41H47N7O4S/c1-24-10-7-11-25(2)37(24)30-21-36-45-40(44-30)46-53(50,51)29-14-8-13-28(19-29)39(49)48-33(15-9-12-27(18-26-16-17-26)34(48)23-52-36)32-22-42-31-20-35(41(3,4)5)47(6)38(31)43-32/h7-8,10-11,13-14,19-22,26-27,33-34H,9,12,15-18,23H2,1-6H3,(H,44,45,46)/t27-,33-,34-/m1/s1. The molecule has 0 unspecified atom stereocenters. The Morgan fingerprint density at radius 1 is 0.943 bits per heavy atom. The van der Waals surface area contributed by atoms with Gasteiger partial charge in [-0.1, -0.05) is 64.3 Å². The average Bonchev–Trinajstić information content (AvgIpc) is 3.89. The fraction of sp³-hybridized carbons (Fsp3) is 0.439. The van der Waals surface area contributed by atoms with Gasteiger partial charge >= 0.3 is 0 Å². The molecule has 12 heteroatoms. The number of hydrogen-bond donors (Lipinski definition) is 1. The third-order valence-electron chi connectivity index (χ3n) is 11.2. The van der Waals surface area contributed by atoms with Crippen molar-refractivity contribution in [3.63, 3.8) is 0 Å². The molecule has 3 aromatic heterocycles. The number of carbonyl (C=O) groups is 1. The number of aryl methyl sites for hydroxylation is 3. The van der Waals surface area contributed by atoms with E-state index in [1.54, 1.807) is 18.2 Å². The summed E-state index contributed by atoms with van der Waals surface area (Å²) in [7, 11) is -2.17. The number of ether oxygens (including phenoxy) is 1. The highest BCUT2D eigenvalue weighted by atomic mass is 32.2. The summed E-state index contributed by atoms with van der Waals surface area (Å²) in [5.41, 5.74) is 7.00. The molecule has 276 valence electrons. The van der Waals surface area contributed by atoms with Crippen LogP contribution in [0.25, 0.3) is 22.4 Å². The molecule has 4 bridgehead atoms. The second-order valence-electron chi connectivity index (χ2n) is 16.1. The lowest BCUT2D eigenvalue weighted by Crippen LogP contribution is -2.49. The van der Waals surface area contributed by atoms with Crippen LogP contribution in [0.2, 0.25) is 0 Å². The molecular formula is C41H47N7O4S. The summed E-state index contributed by atoms with van der Waals surface area (Å²) in [5, 5.41) is 0. The van der Waals surface area contributed by atoms with E-state index in [-0.39, 0.29) is 52.2 Å². The lowest BCUT2D eigenvalue weighted by molar-refractivity contribution is 0.0362. The van der Waals surface area contributed by atoms with Crippen LogP contribution >= 0.6 is 0 Å². The fourth-order valence-corrected chi connectivity index (χ4v) is 9.37. The van der Waals surface area contributed by atoms with Gasteiger partial charge in [0.05, 0.1) is 34.6 Å². The Morgan fingerprint density at radius 2 is 1.70 bits per heavy atom. The van der Waals surface area contributed by atoms with Gasteiger partial charge in [0.1, 0.15) is 12.1 Å². The van der Waals surface area contributed by atoms with Gasteiger partial charge < -0.3 is 14.2 Å². The molecule has 53 heavy (non-hydrogen) atoms.